The summed E-state index contributed by atoms with van der Waals surface area (Å²) in [7, 11) is -2.84. The Hall–Kier alpha value is -1.95. The van der Waals surface area contributed by atoms with Crippen LogP contribution in [0.5, 0.6) is 0 Å². The van der Waals surface area contributed by atoms with Crippen molar-refractivity contribution in [2.75, 3.05) is 7.11 Å². The zero-order chi connectivity index (χ0) is 15.1. The number of benzene rings is 1. The second-order valence-corrected chi connectivity index (χ2v) is 4.84. The summed E-state index contributed by atoms with van der Waals surface area (Å²) in [4.78, 5) is 10.1. The van der Waals surface area contributed by atoms with Gasteiger partial charge in [-0.1, -0.05) is 17.7 Å². The van der Waals surface area contributed by atoms with Crippen LogP contribution < -0.4 is 5.73 Å². The van der Waals surface area contributed by atoms with Gasteiger partial charge in [0.15, 0.2) is 6.04 Å². The van der Waals surface area contributed by atoms with Crippen LogP contribution >= 0.6 is 0 Å². The summed E-state index contributed by atoms with van der Waals surface area (Å²) in [6.45, 7) is 1.84. The highest BCUT2D eigenvalue weighted by Gasteiger charge is 2.10. The Morgan fingerprint density at radius 3 is 2.16 bits per heavy atom. The van der Waals surface area contributed by atoms with E-state index in [1.165, 1.54) is 25.3 Å². The van der Waals surface area contributed by atoms with Gasteiger partial charge in [-0.15, -0.1) is 0 Å². The molecule has 104 valence electrons. The average molecular weight is 286 g/mol. The number of methoxy groups -OCH3 is 1. The van der Waals surface area contributed by atoms with Crippen molar-refractivity contribution >= 4 is 16.1 Å². The molecule has 0 saturated carbocycles. The summed E-state index contributed by atoms with van der Waals surface area (Å²) in [5.74, 6) is -0.701. The number of aryl methyl sites for hydroxylation is 1. The predicted molar refractivity (Wildman–Crippen MR) is 66.6 cm³/mol. The number of nitrogens with two attached hydrogens (primary N) is 1. The fourth-order valence-electron chi connectivity index (χ4n) is 0.890. The van der Waals surface area contributed by atoms with Crippen LogP contribution in [0.4, 0.5) is 0 Å². The van der Waals surface area contributed by atoms with E-state index >= 15 is 0 Å². The van der Waals surface area contributed by atoms with Gasteiger partial charge in [-0.05, 0) is 19.1 Å². The van der Waals surface area contributed by atoms with E-state index in [4.69, 9.17) is 15.5 Å². The Bertz CT molecular complexity index is 560. The lowest BCUT2D eigenvalue weighted by Crippen LogP contribution is -2.29. The van der Waals surface area contributed by atoms with E-state index in [1.54, 1.807) is 12.1 Å². The van der Waals surface area contributed by atoms with Gasteiger partial charge in [0, 0.05) is 0 Å². The Morgan fingerprint density at radius 1 is 1.42 bits per heavy atom. The third-order valence-corrected chi connectivity index (χ3v) is 2.78. The molecule has 1 aromatic carbocycles. The van der Waals surface area contributed by atoms with Crippen LogP contribution in [-0.2, 0) is 19.6 Å². The maximum atomic E-state index is 10.5. The van der Waals surface area contributed by atoms with Gasteiger partial charge in [-0.3, -0.25) is 4.55 Å². The molecule has 0 aliphatic heterocycles. The fourth-order valence-corrected chi connectivity index (χ4v) is 1.37. The van der Waals surface area contributed by atoms with Gasteiger partial charge >= 0.3 is 5.97 Å². The molecule has 0 aromatic heterocycles. The minimum absolute atomic E-state index is 0.0666. The van der Waals surface area contributed by atoms with Gasteiger partial charge in [-0.25, -0.2) is 4.79 Å². The summed E-state index contributed by atoms with van der Waals surface area (Å²) < 4.78 is 33.7. The number of carbonyl (C=O) groups is 1. The lowest BCUT2D eigenvalue weighted by molar-refractivity contribution is -0.140. The first-order valence-corrected chi connectivity index (χ1v) is 6.43. The maximum Gasteiger partial charge on any atom is 0.337 e. The van der Waals surface area contributed by atoms with E-state index in [0.29, 0.717) is 0 Å². The highest BCUT2D eigenvalue weighted by Crippen LogP contribution is 2.08. The van der Waals surface area contributed by atoms with E-state index in [0.717, 1.165) is 5.56 Å². The Balaban J connectivity index is 0.000000362. The number of carbonyl (C=O) groups excluding carboxylic acids is 1. The lowest BCUT2D eigenvalue weighted by atomic mass is 10.2. The molecular formula is C11H14N2O5S. The third-order valence-electron chi connectivity index (χ3n) is 1.91. The second-order valence-electron chi connectivity index (χ2n) is 3.42. The number of rotatable bonds is 2. The zero-order valence-corrected chi connectivity index (χ0v) is 11.2. The molecule has 0 bridgehead atoms. The van der Waals surface area contributed by atoms with Crippen molar-refractivity contribution in [3.05, 3.63) is 29.8 Å². The zero-order valence-electron chi connectivity index (χ0n) is 10.4. The van der Waals surface area contributed by atoms with Gasteiger partial charge in [0.1, 0.15) is 0 Å². The van der Waals surface area contributed by atoms with Crippen LogP contribution in [-0.4, -0.2) is 32.1 Å². The van der Waals surface area contributed by atoms with E-state index in [9.17, 15) is 13.2 Å². The molecule has 8 heteroatoms. The van der Waals surface area contributed by atoms with Gasteiger partial charge in [0.2, 0.25) is 0 Å². The summed E-state index contributed by atoms with van der Waals surface area (Å²) in [5, 5.41) is 7.96. The van der Waals surface area contributed by atoms with E-state index in [2.05, 4.69) is 4.74 Å². The molecule has 7 nitrogen and oxygen atoms in total. The highest BCUT2D eigenvalue weighted by molar-refractivity contribution is 7.85. The van der Waals surface area contributed by atoms with E-state index < -0.39 is 22.1 Å². The van der Waals surface area contributed by atoms with Gasteiger partial charge in [0.05, 0.1) is 18.1 Å². The van der Waals surface area contributed by atoms with Crippen LogP contribution in [0.1, 0.15) is 5.56 Å². The molecule has 1 atom stereocenters. The Labute approximate surface area is 111 Å². The van der Waals surface area contributed by atoms with Crippen LogP contribution in [0.15, 0.2) is 29.2 Å². The van der Waals surface area contributed by atoms with Crippen LogP contribution in [0, 0.1) is 18.3 Å². The van der Waals surface area contributed by atoms with Crippen molar-refractivity contribution in [2.24, 2.45) is 5.73 Å². The monoisotopic (exact) mass is 286 g/mol. The van der Waals surface area contributed by atoms with Crippen molar-refractivity contribution in [1.29, 1.82) is 5.26 Å². The molecule has 1 aromatic rings. The highest BCUT2D eigenvalue weighted by atomic mass is 32.2. The molecule has 0 amide bonds. The smallest absolute Gasteiger partial charge is 0.337 e. The van der Waals surface area contributed by atoms with E-state index in [-0.39, 0.29) is 4.90 Å². The van der Waals surface area contributed by atoms with Crippen molar-refractivity contribution in [2.45, 2.75) is 17.9 Å². The topological polar surface area (TPSA) is 130 Å². The lowest BCUT2D eigenvalue weighted by Gasteiger charge is -1.95. The molecule has 1 unspecified atom stereocenters. The number of nitriles is 1. The first-order valence-electron chi connectivity index (χ1n) is 4.99. The molecule has 0 spiro atoms. The molecule has 0 aliphatic carbocycles. The van der Waals surface area contributed by atoms with Crippen LogP contribution in [0.25, 0.3) is 0 Å². The largest absolute Gasteiger partial charge is 0.467 e. The Morgan fingerprint density at radius 2 is 1.89 bits per heavy atom. The van der Waals surface area contributed by atoms with Gasteiger partial charge in [-0.2, -0.15) is 13.7 Å². The SMILES string of the molecule is COC(=O)C(N)C#N.Cc1ccc(S(=O)(=O)O)cc1. The molecule has 0 fully saturated rings. The van der Waals surface area contributed by atoms with Crippen LogP contribution in [0.2, 0.25) is 0 Å². The second kappa shape index (κ2) is 7.48. The first kappa shape index (κ1) is 17.1. The number of esters is 1. The number of ether oxygens (including phenoxy) is 1. The normalized spacial score (nSPS) is 11.5. The average Bonchev–Trinajstić information content (AvgIpc) is 2.37. The van der Waals surface area contributed by atoms with Crippen molar-refractivity contribution in [3.8, 4) is 6.07 Å². The number of nitrogens with zero attached hydrogens (tertiary/aromatic N) is 1. The molecule has 3 N–H and O–H groups in total. The number of hydrogen-bond acceptors (Lipinski definition) is 6. The predicted octanol–water partition coefficient (Wildman–Crippen LogP) is 0.252. The standard InChI is InChI=1S/C7H8O3S.C4H6N2O2/c1-6-2-4-7(5-3-6)11(8,9)10;1-8-4(7)3(6)2-5/h2-5H,1H3,(H,8,9,10);3H,6H2,1H3. The van der Waals surface area contributed by atoms with E-state index in [1.807, 2.05) is 6.92 Å². The summed E-state index contributed by atoms with van der Waals surface area (Å²) in [6, 6.07) is 6.37. The summed E-state index contributed by atoms with van der Waals surface area (Å²) in [5.41, 5.74) is 5.85. The summed E-state index contributed by atoms with van der Waals surface area (Å²) >= 11 is 0. The molecule has 0 saturated heterocycles. The maximum absolute atomic E-state index is 10.5. The van der Waals surface area contributed by atoms with Crippen molar-refractivity contribution < 1.29 is 22.5 Å². The molecule has 0 aliphatic rings. The minimum atomic E-state index is -4.02. The first-order chi connectivity index (χ1) is 8.72. The molecule has 0 radical (unpaired) electrons. The third kappa shape index (κ3) is 6.52. The minimum Gasteiger partial charge on any atom is -0.467 e. The van der Waals surface area contributed by atoms with Crippen LogP contribution in [0.3, 0.4) is 0 Å². The van der Waals surface area contributed by atoms with Gasteiger partial charge < -0.3 is 10.5 Å². The van der Waals surface area contributed by atoms with Gasteiger partial charge in [0.25, 0.3) is 10.1 Å². The molecular weight excluding hydrogens is 272 g/mol. The fraction of sp³-hybridized carbons (Fsp3) is 0.273. The van der Waals surface area contributed by atoms with Crippen molar-refractivity contribution in [3.63, 3.8) is 0 Å². The molecule has 19 heavy (non-hydrogen) atoms. The summed E-state index contributed by atoms with van der Waals surface area (Å²) in [6.07, 6.45) is 0. The Kier molecular flexibility index (Phi) is 6.71. The molecule has 1 rings (SSSR count). The number of hydrogen-bond donors (Lipinski definition) is 2. The van der Waals surface area contributed by atoms with Crippen molar-refractivity contribution in [1.82, 2.24) is 0 Å². The molecule has 0 heterocycles. The quantitative estimate of drug-likeness (QED) is 0.588.